The van der Waals surface area contributed by atoms with Crippen LogP contribution in [-0.4, -0.2) is 51.8 Å². The highest BCUT2D eigenvalue weighted by molar-refractivity contribution is 6.04. The Balaban J connectivity index is 1.50. The van der Waals surface area contributed by atoms with E-state index in [0.29, 0.717) is 17.8 Å². The van der Waals surface area contributed by atoms with E-state index < -0.39 is 0 Å². The van der Waals surface area contributed by atoms with E-state index in [1.165, 1.54) is 0 Å². The molecule has 4 rings (SSSR count). The molecule has 1 saturated heterocycles. The van der Waals surface area contributed by atoms with Crippen molar-refractivity contribution < 1.29 is 14.3 Å². The van der Waals surface area contributed by atoms with Gasteiger partial charge in [-0.25, -0.2) is 4.79 Å². The molecule has 1 aliphatic rings. The monoisotopic (exact) mass is 515 g/mol. The van der Waals surface area contributed by atoms with E-state index >= 15 is 0 Å². The van der Waals surface area contributed by atoms with Gasteiger partial charge in [0, 0.05) is 49.8 Å². The van der Waals surface area contributed by atoms with E-state index in [0.717, 1.165) is 67.4 Å². The number of aryl methyl sites for hydroxylation is 1. The number of carbonyl (C=O) groups is 2. The van der Waals surface area contributed by atoms with Gasteiger partial charge >= 0.3 is 6.03 Å². The summed E-state index contributed by atoms with van der Waals surface area (Å²) in [5.41, 5.74) is 4.89. The minimum Gasteiger partial charge on any atom is -0.495 e. The maximum absolute atomic E-state index is 13.2. The number of nitrogens with zero attached hydrogens (tertiary/aromatic N) is 2. The SMILES string of the molecule is CCCNC(=O)c1cc(NC(=O)Nc2ccccc2CC)ccc1N1CCN(c2ccccc2OC)CC1. The topological polar surface area (TPSA) is 85.9 Å². The van der Waals surface area contributed by atoms with E-state index in [-0.39, 0.29) is 11.9 Å². The molecule has 8 heteroatoms. The van der Waals surface area contributed by atoms with Crippen LogP contribution in [0.15, 0.2) is 66.7 Å². The van der Waals surface area contributed by atoms with Gasteiger partial charge in [0.2, 0.25) is 0 Å². The van der Waals surface area contributed by atoms with Crippen LogP contribution in [0, 0.1) is 0 Å². The Morgan fingerprint density at radius 3 is 2.24 bits per heavy atom. The fourth-order valence-electron chi connectivity index (χ4n) is 4.72. The molecule has 8 nitrogen and oxygen atoms in total. The molecule has 3 amide bonds. The number of anilines is 4. The smallest absolute Gasteiger partial charge is 0.323 e. The molecule has 3 N–H and O–H groups in total. The largest absolute Gasteiger partial charge is 0.495 e. The number of benzene rings is 3. The molecular formula is C30H37N5O3. The zero-order chi connectivity index (χ0) is 26.9. The van der Waals surface area contributed by atoms with Crippen molar-refractivity contribution in [2.24, 2.45) is 0 Å². The summed E-state index contributed by atoms with van der Waals surface area (Å²) in [6.07, 6.45) is 1.66. The van der Waals surface area contributed by atoms with Crippen LogP contribution in [0.5, 0.6) is 5.75 Å². The molecule has 0 unspecified atom stereocenters. The van der Waals surface area contributed by atoms with Crippen LogP contribution in [0.4, 0.5) is 27.5 Å². The van der Waals surface area contributed by atoms with Crippen molar-refractivity contribution in [1.29, 1.82) is 0 Å². The number of ether oxygens (including phenoxy) is 1. The van der Waals surface area contributed by atoms with Gasteiger partial charge in [0.25, 0.3) is 5.91 Å². The molecule has 200 valence electrons. The molecule has 1 aliphatic heterocycles. The average molecular weight is 516 g/mol. The molecule has 38 heavy (non-hydrogen) atoms. The van der Waals surface area contributed by atoms with Crippen LogP contribution in [0.2, 0.25) is 0 Å². The Kier molecular flexibility index (Phi) is 9.08. The molecule has 0 saturated carbocycles. The van der Waals surface area contributed by atoms with Gasteiger partial charge in [-0.1, -0.05) is 44.2 Å². The highest BCUT2D eigenvalue weighted by Gasteiger charge is 2.24. The van der Waals surface area contributed by atoms with Gasteiger partial charge in [0.15, 0.2) is 0 Å². The van der Waals surface area contributed by atoms with Crippen LogP contribution in [0.3, 0.4) is 0 Å². The summed E-state index contributed by atoms with van der Waals surface area (Å²) < 4.78 is 5.55. The average Bonchev–Trinajstić information content (AvgIpc) is 2.96. The molecule has 0 aromatic heterocycles. The molecule has 1 heterocycles. The summed E-state index contributed by atoms with van der Waals surface area (Å²) in [7, 11) is 1.69. The number of hydrogen-bond acceptors (Lipinski definition) is 5. The van der Waals surface area contributed by atoms with Gasteiger partial charge in [0.05, 0.1) is 18.4 Å². The summed E-state index contributed by atoms with van der Waals surface area (Å²) in [5, 5.41) is 8.81. The quantitative estimate of drug-likeness (QED) is 0.357. The first kappa shape index (κ1) is 26.9. The first-order chi connectivity index (χ1) is 18.5. The summed E-state index contributed by atoms with van der Waals surface area (Å²) >= 11 is 0. The Labute approximate surface area is 225 Å². The number of rotatable bonds is 9. The predicted molar refractivity (Wildman–Crippen MR) is 155 cm³/mol. The van der Waals surface area contributed by atoms with Crippen LogP contribution < -0.4 is 30.5 Å². The molecular weight excluding hydrogens is 478 g/mol. The zero-order valence-corrected chi connectivity index (χ0v) is 22.4. The zero-order valence-electron chi connectivity index (χ0n) is 22.4. The number of carbonyl (C=O) groups excluding carboxylic acids is 2. The van der Waals surface area contributed by atoms with Crippen LogP contribution in [-0.2, 0) is 6.42 Å². The maximum Gasteiger partial charge on any atom is 0.323 e. The number of hydrogen-bond donors (Lipinski definition) is 3. The minimum absolute atomic E-state index is 0.144. The maximum atomic E-state index is 13.2. The Bertz CT molecular complexity index is 1250. The third-order valence-corrected chi connectivity index (χ3v) is 6.73. The number of amides is 3. The highest BCUT2D eigenvalue weighted by Crippen LogP contribution is 2.31. The van der Waals surface area contributed by atoms with E-state index in [2.05, 4.69) is 38.7 Å². The van der Waals surface area contributed by atoms with Gasteiger partial charge in [-0.2, -0.15) is 0 Å². The molecule has 0 bridgehead atoms. The lowest BCUT2D eigenvalue weighted by atomic mass is 10.1. The van der Waals surface area contributed by atoms with Crippen molar-refractivity contribution in [3.8, 4) is 5.75 Å². The Hall–Kier alpha value is -4.20. The molecule has 0 aliphatic carbocycles. The second-order valence-corrected chi connectivity index (χ2v) is 9.22. The van der Waals surface area contributed by atoms with Gasteiger partial charge in [0.1, 0.15) is 5.75 Å². The first-order valence-electron chi connectivity index (χ1n) is 13.2. The van der Waals surface area contributed by atoms with Crippen LogP contribution >= 0.6 is 0 Å². The van der Waals surface area contributed by atoms with Gasteiger partial charge in [-0.15, -0.1) is 0 Å². The number of methoxy groups -OCH3 is 1. The standard InChI is InChI=1S/C30H37N5O3/c1-4-16-31-29(36)24-21-23(32-30(37)33-25-11-7-6-10-22(25)5-2)14-15-26(24)34-17-19-35(20-18-34)27-12-8-9-13-28(27)38-3/h6-15,21H,4-5,16-20H2,1-3H3,(H,31,36)(H2,32,33,37). The van der Waals surface area contributed by atoms with Crippen LogP contribution in [0.1, 0.15) is 36.2 Å². The summed E-state index contributed by atoms with van der Waals surface area (Å²) in [6.45, 7) is 7.78. The second-order valence-electron chi connectivity index (χ2n) is 9.22. The van der Waals surface area contributed by atoms with Crippen molar-refractivity contribution in [2.45, 2.75) is 26.7 Å². The molecule has 0 spiro atoms. The lowest BCUT2D eigenvalue weighted by Crippen LogP contribution is -2.47. The van der Waals surface area contributed by atoms with Crippen LogP contribution in [0.25, 0.3) is 0 Å². The van der Waals surface area contributed by atoms with E-state index in [1.54, 1.807) is 13.2 Å². The third kappa shape index (κ3) is 6.37. The summed E-state index contributed by atoms with van der Waals surface area (Å²) in [4.78, 5) is 30.5. The van der Waals surface area contributed by atoms with Crippen molar-refractivity contribution in [1.82, 2.24) is 5.32 Å². The Morgan fingerprint density at radius 1 is 0.842 bits per heavy atom. The normalized spacial score (nSPS) is 13.1. The molecule has 1 fully saturated rings. The van der Waals surface area contributed by atoms with Gasteiger partial charge in [-0.05, 0) is 54.8 Å². The molecule has 0 radical (unpaired) electrons. The number of urea groups is 1. The van der Waals surface area contributed by atoms with Gasteiger partial charge < -0.3 is 30.5 Å². The van der Waals surface area contributed by atoms with E-state index in [4.69, 9.17) is 4.74 Å². The fraction of sp³-hybridized carbons (Fsp3) is 0.333. The minimum atomic E-state index is -0.344. The summed E-state index contributed by atoms with van der Waals surface area (Å²) in [6, 6.07) is 21.0. The molecule has 0 atom stereocenters. The van der Waals surface area contributed by atoms with Gasteiger partial charge in [-0.3, -0.25) is 4.79 Å². The lowest BCUT2D eigenvalue weighted by molar-refractivity contribution is 0.0954. The van der Waals surface area contributed by atoms with E-state index in [1.807, 2.05) is 61.5 Å². The van der Waals surface area contributed by atoms with E-state index in [9.17, 15) is 9.59 Å². The molecule has 3 aromatic rings. The highest BCUT2D eigenvalue weighted by atomic mass is 16.5. The Morgan fingerprint density at radius 2 is 1.53 bits per heavy atom. The number of nitrogens with one attached hydrogen (secondary N) is 3. The lowest BCUT2D eigenvalue weighted by Gasteiger charge is -2.38. The number of piperazine rings is 1. The first-order valence-corrected chi connectivity index (χ1v) is 13.2. The fourth-order valence-corrected chi connectivity index (χ4v) is 4.72. The number of para-hydroxylation sites is 3. The van der Waals surface area contributed by atoms with Crippen molar-refractivity contribution in [2.75, 3.05) is 60.3 Å². The third-order valence-electron chi connectivity index (χ3n) is 6.73. The second kappa shape index (κ2) is 12.9. The van der Waals surface area contributed by atoms with Crippen molar-refractivity contribution in [3.05, 3.63) is 77.9 Å². The summed E-state index contributed by atoms with van der Waals surface area (Å²) in [5.74, 6) is 0.713. The van der Waals surface area contributed by atoms with Crippen molar-refractivity contribution >= 4 is 34.7 Å². The van der Waals surface area contributed by atoms with Crippen molar-refractivity contribution in [3.63, 3.8) is 0 Å². The molecule has 3 aromatic carbocycles. The predicted octanol–water partition coefficient (Wildman–Crippen LogP) is 5.37.